The minimum absolute atomic E-state index is 0.0276. The highest BCUT2D eigenvalue weighted by Crippen LogP contribution is 2.08. The highest BCUT2D eigenvalue weighted by molar-refractivity contribution is 14.1. The Hall–Kier alpha value is 0.150. The first-order chi connectivity index (χ1) is 7.27. The van der Waals surface area contributed by atoms with Crippen molar-refractivity contribution in [3.8, 4) is 0 Å². The maximum absolute atomic E-state index is 11.6. The minimum Gasteiger partial charge on any atom is -0.352 e. The third kappa shape index (κ3) is 4.67. The molecular formula is C11H13I2NO. The van der Waals surface area contributed by atoms with Gasteiger partial charge in [-0.3, -0.25) is 4.79 Å². The predicted molar refractivity (Wildman–Crippen MR) is 80.0 cm³/mol. The van der Waals surface area contributed by atoms with E-state index in [1.165, 1.54) is 5.56 Å². The van der Waals surface area contributed by atoms with Crippen molar-refractivity contribution in [3.05, 3.63) is 35.4 Å². The van der Waals surface area contributed by atoms with E-state index in [4.69, 9.17) is 0 Å². The van der Waals surface area contributed by atoms with Gasteiger partial charge < -0.3 is 5.32 Å². The first-order valence-electron chi connectivity index (χ1n) is 4.77. The van der Waals surface area contributed by atoms with Crippen LogP contribution in [0.25, 0.3) is 0 Å². The molecule has 0 fully saturated rings. The first kappa shape index (κ1) is 13.2. The Morgan fingerprint density at radius 2 is 1.87 bits per heavy atom. The van der Waals surface area contributed by atoms with E-state index in [0.29, 0.717) is 0 Å². The Morgan fingerprint density at radius 1 is 1.20 bits per heavy atom. The molecule has 1 amide bonds. The molecule has 0 aliphatic rings. The SMILES string of the molecule is O=C(NCCCI)c1ccc(CI)cc1. The van der Waals surface area contributed by atoms with Gasteiger partial charge in [-0.25, -0.2) is 0 Å². The molecular weight excluding hydrogens is 416 g/mol. The van der Waals surface area contributed by atoms with Crippen molar-refractivity contribution < 1.29 is 4.79 Å². The average molecular weight is 429 g/mol. The van der Waals surface area contributed by atoms with Crippen LogP contribution in [0.2, 0.25) is 0 Å². The molecule has 0 aliphatic heterocycles. The van der Waals surface area contributed by atoms with Crippen molar-refractivity contribution in [1.82, 2.24) is 5.32 Å². The van der Waals surface area contributed by atoms with Crippen molar-refractivity contribution in [2.24, 2.45) is 0 Å². The second-order valence-electron chi connectivity index (χ2n) is 3.13. The Bertz CT molecular complexity index is 311. The molecule has 0 unspecified atom stereocenters. The van der Waals surface area contributed by atoms with Crippen LogP contribution >= 0.6 is 45.2 Å². The molecule has 0 saturated heterocycles. The van der Waals surface area contributed by atoms with Crippen LogP contribution in [0.15, 0.2) is 24.3 Å². The summed E-state index contributed by atoms with van der Waals surface area (Å²) < 4.78 is 2.06. The zero-order valence-electron chi connectivity index (χ0n) is 8.30. The number of hydrogen-bond acceptors (Lipinski definition) is 1. The number of halogens is 2. The first-order valence-corrected chi connectivity index (χ1v) is 7.82. The lowest BCUT2D eigenvalue weighted by Gasteiger charge is -2.04. The van der Waals surface area contributed by atoms with E-state index >= 15 is 0 Å². The van der Waals surface area contributed by atoms with E-state index in [0.717, 1.165) is 27.4 Å². The summed E-state index contributed by atoms with van der Waals surface area (Å²) in [6.45, 7) is 0.760. The highest BCUT2D eigenvalue weighted by Gasteiger charge is 2.03. The fourth-order valence-electron chi connectivity index (χ4n) is 1.12. The number of hydrogen-bond donors (Lipinski definition) is 1. The Labute approximate surface area is 117 Å². The molecule has 1 aromatic carbocycles. The van der Waals surface area contributed by atoms with E-state index in [-0.39, 0.29) is 5.91 Å². The molecule has 82 valence electrons. The van der Waals surface area contributed by atoms with Gasteiger partial charge in [0.1, 0.15) is 0 Å². The summed E-state index contributed by atoms with van der Waals surface area (Å²) in [6, 6.07) is 7.76. The number of carbonyl (C=O) groups is 1. The van der Waals surface area contributed by atoms with E-state index in [1.54, 1.807) is 0 Å². The summed E-state index contributed by atoms with van der Waals surface area (Å²) in [5, 5.41) is 2.89. The van der Waals surface area contributed by atoms with Crippen LogP contribution < -0.4 is 5.32 Å². The standard InChI is InChI=1S/C11H13I2NO/c12-6-1-7-14-11(15)10-4-2-9(8-13)3-5-10/h2-5H,1,6-8H2,(H,14,15). The van der Waals surface area contributed by atoms with Gasteiger partial charge >= 0.3 is 0 Å². The van der Waals surface area contributed by atoms with E-state index in [1.807, 2.05) is 24.3 Å². The monoisotopic (exact) mass is 429 g/mol. The molecule has 0 saturated carbocycles. The van der Waals surface area contributed by atoms with E-state index in [9.17, 15) is 4.79 Å². The summed E-state index contributed by atoms with van der Waals surface area (Å²) >= 11 is 4.61. The van der Waals surface area contributed by atoms with Crippen LogP contribution in [0.1, 0.15) is 22.3 Å². The van der Waals surface area contributed by atoms with Crippen molar-refractivity contribution >= 4 is 51.1 Å². The Morgan fingerprint density at radius 3 is 2.40 bits per heavy atom. The molecule has 0 radical (unpaired) electrons. The van der Waals surface area contributed by atoms with Gasteiger partial charge in [0.2, 0.25) is 0 Å². The van der Waals surface area contributed by atoms with Crippen LogP contribution in [-0.4, -0.2) is 16.9 Å². The van der Waals surface area contributed by atoms with Gasteiger partial charge in [0.15, 0.2) is 0 Å². The third-order valence-corrected chi connectivity index (χ3v) is 3.61. The second kappa shape index (κ2) is 7.43. The van der Waals surface area contributed by atoms with Crippen LogP contribution in [0, 0.1) is 0 Å². The smallest absolute Gasteiger partial charge is 0.251 e. The van der Waals surface area contributed by atoms with Gasteiger partial charge in [-0.1, -0.05) is 57.3 Å². The fraction of sp³-hybridized carbons (Fsp3) is 0.364. The summed E-state index contributed by atoms with van der Waals surface area (Å²) in [4.78, 5) is 11.6. The van der Waals surface area contributed by atoms with E-state index < -0.39 is 0 Å². The molecule has 1 N–H and O–H groups in total. The predicted octanol–water partition coefficient (Wildman–Crippen LogP) is 3.18. The molecule has 0 heterocycles. The average Bonchev–Trinajstić information content (AvgIpc) is 2.29. The molecule has 0 atom stereocenters. The largest absolute Gasteiger partial charge is 0.352 e. The maximum atomic E-state index is 11.6. The van der Waals surface area contributed by atoms with Gasteiger partial charge in [0.25, 0.3) is 5.91 Å². The lowest BCUT2D eigenvalue weighted by molar-refractivity contribution is 0.0954. The van der Waals surface area contributed by atoms with Crippen LogP contribution in [0.3, 0.4) is 0 Å². The summed E-state index contributed by atoms with van der Waals surface area (Å²) in [7, 11) is 0. The molecule has 4 heteroatoms. The molecule has 0 spiro atoms. The Balaban J connectivity index is 2.50. The summed E-state index contributed by atoms with van der Waals surface area (Å²) in [5.74, 6) is 0.0276. The van der Waals surface area contributed by atoms with Gasteiger partial charge in [-0.2, -0.15) is 0 Å². The molecule has 0 aromatic heterocycles. The molecule has 1 aromatic rings. The van der Waals surface area contributed by atoms with E-state index in [2.05, 4.69) is 50.5 Å². The number of alkyl halides is 2. The Kier molecular flexibility index (Phi) is 6.54. The number of carbonyl (C=O) groups excluding carboxylic acids is 1. The molecule has 15 heavy (non-hydrogen) atoms. The minimum atomic E-state index is 0.0276. The van der Waals surface area contributed by atoms with Crippen molar-refractivity contribution in [2.75, 3.05) is 11.0 Å². The van der Waals surface area contributed by atoms with Crippen molar-refractivity contribution in [2.45, 2.75) is 10.8 Å². The highest BCUT2D eigenvalue weighted by atomic mass is 127. The van der Waals surface area contributed by atoms with Crippen molar-refractivity contribution in [3.63, 3.8) is 0 Å². The van der Waals surface area contributed by atoms with Crippen molar-refractivity contribution in [1.29, 1.82) is 0 Å². The molecule has 1 rings (SSSR count). The van der Waals surface area contributed by atoms with Gasteiger partial charge in [0.05, 0.1) is 0 Å². The summed E-state index contributed by atoms with van der Waals surface area (Å²) in [5.41, 5.74) is 2.00. The lowest BCUT2D eigenvalue weighted by Crippen LogP contribution is -2.24. The zero-order chi connectivity index (χ0) is 11.1. The van der Waals surface area contributed by atoms with Gasteiger partial charge in [0, 0.05) is 21.0 Å². The second-order valence-corrected chi connectivity index (χ2v) is 4.97. The third-order valence-electron chi connectivity index (χ3n) is 1.97. The number of nitrogens with one attached hydrogen (secondary N) is 1. The number of amides is 1. The molecule has 2 nitrogen and oxygen atoms in total. The fourth-order valence-corrected chi connectivity index (χ4v) is 2.01. The zero-order valence-corrected chi connectivity index (χ0v) is 12.6. The maximum Gasteiger partial charge on any atom is 0.251 e. The molecule has 0 aliphatic carbocycles. The van der Waals surface area contributed by atoms with Gasteiger partial charge in [-0.05, 0) is 24.1 Å². The lowest BCUT2D eigenvalue weighted by atomic mass is 10.1. The normalized spacial score (nSPS) is 10.0. The van der Waals surface area contributed by atoms with Crippen LogP contribution in [0.4, 0.5) is 0 Å². The topological polar surface area (TPSA) is 29.1 Å². The number of benzene rings is 1. The van der Waals surface area contributed by atoms with Gasteiger partial charge in [-0.15, -0.1) is 0 Å². The summed E-state index contributed by atoms with van der Waals surface area (Å²) in [6.07, 6.45) is 1.03. The number of rotatable bonds is 5. The van der Waals surface area contributed by atoms with Crippen LogP contribution in [0.5, 0.6) is 0 Å². The molecule has 0 bridgehead atoms. The quantitative estimate of drug-likeness (QED) is 0.435. The van der Waals surface area contributed by atoms with Crippen LogP contribution in [-0.2, 0) is 4.43 Å².